The van der Waals surface area contributed by atoms with Gasteiger partial charge in [0.2, 0.25) is 0 Å². The first-order valence-corrected chi connectivity index (χ1v) is 13.1. The maximum Gasteiger partial charge on any atom is 0.261 e. The molecule has 1 amide bonds. The fourth-order valence-corrected chi connectivity index (χ4v) is 8.14. The highest BCUT2D eigenvalue weighted by Gasteiger charge is 2.51. The van der Waals surface area contributed by atoms with Gasteiger partial charge in [0.15, 0.2) is 10.9 Å². The van der Waals surface area contributed by atoms with Gasteiger partial charge in [0.25, 0.3) is 15.9 Å². The van der Waals surface area contributed by atoms with Gasteiger partial charge >= 0.3 is 0 Å². The predicted molar refractivity (Wildman–Crippen MR) is 119 cm³/mol. The summed E-state index contributed by atoms with van der Waals surface area (Å²) in [6.45, 7) is 0.662. The molecule has 4 bridgehead atoms. The number of amides is 1. The average Bonchev–Trinajstić information content (AvgIpc) is 2.69. The molecule has 5 fully saturated rings. The normalized spacial score (nSPS) is 32.3. The van der Waals surface area contributed by atoms with Crippen LogP contribution in [0.3, 0.4) is 0 Å². The van der Waals surface area contributed by atoms with Crippen LogP contribution in [0.5, 0.6) is 0 Å². The van der Waals surface area contributed by atoms with Crippen LogP contribution < -0.4 is 5.32 Å². The van der Waals surface area contributed by atoms with Gasteiger partial charge in [0.1, 0.15) is 6.61 Å². The molecular weight excluding hydrogens is 431 g/mol. The highest BCUT2D eigenvalue weighted by molar-refractivity contribution is 7.93. The molecule has 32 heavy (non-hydrogen) atoms. The summed E-state index contributed by atoms with van der Waals surface area (Å²) in [5.74, 6) is 0.695. The summed E-state index contributed by atoms with van der Waals surface area (Å²) < 4.78 is 48.2. The topological polar surface area (TPSA) is 75.7 Å². The number of hydrogen-bond acceptors (Lipinski definition) is 4. The Bertz CT molecular complexity index is 969. The van der Waals surface area contributed by atoms with E-state index in [4.69, 9.17) is 4.74 Å². The van der Waals surface area contributed by atoms with Crippen molar-refractivity contribution in [2.24, 2.45) is 23.2 Å². The molecule has 0 radical (unpaired) electrons. The molecule has 1 saturated heterocycles. The summed E-state index contributed by atoms with van der Waals surface area (Å²) in [6, 6.07) is 8.22. The number of benzene rings is 1. The number of rotatable bonds is 8. The minimum Gasteiger partial charge on any atom is -0.374 e. The number of nitrogens with one attached hydrogen (secondary N) is 1. The lowest BCUT2D eigenvalue weighted by Crippen LogP contribution is -2.48. The molecule has 1 aliphatic heterocycles. The number of ether oxygens (including phenoxy) is 1. The number of nitrogens with zero attached hydrogens (tertiary/aromatic N) is 1. The van der Waals surface area contributed by atoms with E-state index in [1.807, 2.05) is 0 Å². The molecule has 4 aliphatic carbocycles. The highest BCUT2D eigenvalue weighted by atomic mass is 32.2. The SMILES string of the molecule is O=C(N/C(=C(\F)COCC12CC3CC(CC(C3)C1)C2)S(=O)(=O)N1CCC1)c1ccccc1. The Balaban J connectivity index is 1.30. The molecule has 5 aliphatic rings. The van der Waals surface area contributed by atoms with E-state index in [0.717, 1.165) is 43.4 Å². The molecule has 6 nitrogen and oxygen atoms in total. The van der Waals surface area contributed by atoms with Crippen LogP contribution in [-0.4, -0.2) is 44.9 Å². The average molecular weight is 463 g/mol. The molecule has 4 saturated carbocycles. The van der Waals surface area contributed by atoms with E-state index >= 15 is 4.39 Å². The first-order chi connectivity index (χ1) is 15.3. The van der Waals surface area contributed by atoms with Crippen LogP contribution in [0.15, 0.2) is 41.2 Å². The second kappa shape index (κ2) is 8.54. The van der Waals surface area contributed by atoms with Crippen molar-refractivity contribution in [3.8, 4) is 0 Å². The Morgan fingerprint density at radius 1 is 1.06 bits per heavy atom. The van der Waals surface area contributed by atoms with Crippen molar-refractivity contribution in [3.63, 3.8) is 0 Å². The fourth-order valence-electron chi connectivity index (χ4n) is 6.58. The highest BCUT2D eigenvalue weighted by Crippen LogP contribution is 2.60. The van der Waals surface area contributed by atoms with Crippen molar-refractivity contribution in [1.82, 2.24) is 9.62 Å². The van der Waals surface area contributed by atoms with E-state index in [2.05, 4.69) is 5.32 Å². The smallest absolute Gasteiger partial charge is 0.261 e. The predicted octanol–water partition coefficient (Wildman–Crippen LogP) is 3.82. The molecular formula is C24H31FN2O4S. The lowest BCUT2D eigenvalue weighted by molar-refractivity contribution is -0.0946. The third-order valence-corrected chi connectivity index (χ3v) is 9.61. The largest absolute Gasteiger partial charge is 0.374 e. The van der Waals surface area contributed by atoms with E-state index in [9.17, 15) is 13.2 Å². The number of hydrogen-bond donors (Lipinski definition) is 1. The molecule has 0 atom stereocenters. The molecule has 0 spiro atoms. The van der Waals surface area contributed by atoms with Gasteiger partial charge in [-0.15, -0.1) is 0 Å². The van der Waals surface area contributed by atoms with Gasteiger partial charge < -0.3 is 10.1 Å². The molecule has 1 aromatic rings. The number of halogens is 1. The third kappa shape index (κ3) is 4.24. The van der Waals surface area contributed by atoms with Crippen LogP contribution in [-0.2, 0) is 14.8 Å². The van der Waals surface area contributed by atoms with Gasteiger partial charge in [-0.3, -0.25) is 4.79 Å². The molecule has 1 aromatic carbocycles. The van der Waals surface area contributed by atoms with Crippen LogP contribution in [0.1, 0.15) is 55.3 Å². The zero-order chi connectivity index (χ0) is 22.3. The molecule has 6 rings (SSSR count). The van der Waals surface area contributed by atoms with Crippen LogP contribution >= 0.6 is 0 Å². The summed E-state index contributed by atoms with van der Waals surface area (Å²) in [5.41, 5.74) is 0.379. The maximum absolute atomic E-state index is 15.3. The van der Waals surface area contributed by atoms with Crippen molar-refractivity contribution < 1.29 is 22.3 Å². The van der Waals surface area contributed by atoms with Crippen molar-refractivity contribution in [2.75, 3.05) is 26.3 Å². The lowest BCUT2D eigenvalue weighted by atomic mass is 9.50. The zero-order valence-corrected chi connectivity index (χ0v) is 19.1. The van der Waals surface area contributed by atoms with Crippen LogP contribution in [0.25, 0.3) is 0 Å². The van der Waals surface area contributed by atoms with E-state index < -0.39 is 33.4 Å². The minimum atomic E-state index is -4.12. The molecule has 8 heteroatoms. The molecule has 1 N–H and O–H groups in total. The monoisotopic (exact) mass is 462 g/mol. The summed E-state index contributed by atoms with van der Waals surface area (Å²) in [4.78, 5) is 12.6. The van der Waals surface area contributed by atoms with Crippen molar-refractivity contribution in [1.29, 1.82) is 0 Å². The molecule has 174 valence electrons. The van der Waals surface area contributed by atoms with Crippen LogP contribution in [0.4, 0.5) is 4.39 Å². The van der Waals surface area contributed by atoms with E-state index in [1.54, 1.807) is 30.3 Å². The van der Waals surface area contributed by atoms with Crippen molar-refractivity contribution >= 4 is 15.9 Å². The maximum atomic E-state index is 15.3. The number of carbonyl (C=O) groups excluding carboxylic acids is 1. The Hall–Kier alpha value is -1.77. The van der Waals surface area contributed by atoms with E-state index in [1.165, 1.54) is 23.6 Å². The Labute approximate surface area is 189 Å². The lowest BCUT2D eigenvalue weighted by Gasteiger charge is -2.56. The second-order valence-electron chi connectivity index (χ2n) is 10.2. The van der Waals surface area contributed by atoms with E-state index in [-0.39, 0.29) is 11.0 Å². The quantitative estimate of drug-likeness (QED) is 0.637. The number of carbonyl (C=O) groups is 1. The van der Waals surface area contributed by atoms with Gasteiger partial charge in [0.05, 0.1) is 6.61 Å². The summed E-state index contributed by atoms with van der Waals surface area (Å²) in [7, 11) is -4.12. The number of sulfonamides is 1. The standard InChI is InChI=1S/C24H31FN2O4S/c25-21(15-31-16-24-12-17-9-18(13-24)11-19(10-17)14-24)23(32(29,30)27-7-4-8-27)26-22(28)20-5-2-1-3-6-20/h1-3,5-6,17-19H,4,7-16H2,(H,26,28)/b23-21+. The van der Waals surface area contributed by atoms with Gasteiger partial charge in [-0.2, -0.15) is 4.31 Å². The third-order valence-electron chi connectivity index (χ3n) is 7.72. The van der Waals surface area contributed by atoms with Gasteiger partial charge in [0, 0.05) is 18.7 Å². The van der Waals surface area contributed by atoms with E-state index in [0.29, 0.717) is 19.7 Å². The molecule has 0 unspecified atom stereocenters. The first-order valence-electron chi connectivity index (χ1n) is 11.7. The minimum absolute atomic E-state index is 0.110. The first kappa shape index (κ1) is 22.0. The zero-order valence-electron chi connectivity index (χ0n) is 18.3. The van der Waals surface area contributed by atoms with Crippen LogP contribution in [0.2, 0.25) is 0 Å². The second-order valence-corrected chi connectivity index (χ2v) is 12.1. The molecule has 1 heterocycles. The summed E-state index contributed by atoms with van der Waals surface area (Å²) in [5, 5.41) is 1.64. The summed E-state index contributed by atoms with van der Waals surface area (Å²) in [6.07, 6.45) is 8.07. The van der Waals surface area contributed by atoms with Crippen LogP contribution in [0, 0.1) is 23.2 Å². The summed E-state index contributed by atoms with van der Waals surface area (Å²) >= 11 is 0. The van der Waals surface area contributed by atoms with Crippen molar-refractivity contribution in [2.45, 2.75) is 44.9 Å². The van der Waals surface area contributed by atoms with Gasteiger partial charge in [-0.25, -0.2) is 12.8 Å². The van der Waals surface area contributed by atoms with Gasteiger partial charge in [-0.1, -0.05) is 18.2 Å². The molecule has 0 aromatic heterocycles. The fraction of sp³-hybridized carbons (Fsp3) is 0.625. The Kier molecular flexibility index (Phi) is 5.88. The van der Waals surface area contributed by atoms with Gasteiger partial charge in [-0.05, 0) is 80.2 Å². The van der Waals surface area contributed by atoms with Crippen molar-refractivity contribution in [3.05, 3.63) is 46.8 Å². The Morgan fingerprint density at radius 2 is 1.66 bits per heavy atom. The Morgan fingerprint density at radius 3 is 2.19 bits per heavy atom.